The predicted molar refractivity (Wildman–Crippen MR) is 82.3 cm³/mol. The summed E-state index contributed by atoms with van der Waals surface area (Å²) < 4.78 is 26.9. The molecular formula is C15H22N2O2S. The van der Waals surface area contributed by atoms with Gasteiger partial charge >= 0.3 is 0 Å². The van der Waals surface area contributed by atoms with Gasteiger partial charge in [-0.25, -0.2) is 8.42 Å². The Morgan fingerprint density at radius 2 is 1.95 bits per heavy atom. The lowest BCUT2D eigenvalue weighted by Crippen LogP contribution is -2.34. The molecular weight excluding hydrogens is 272 g/mol. The van der Waals surface area contributed by atoms with Crippen molar-refractivity contribution in [3.63, 3.8) is 0 Å². The highest BCUT2D eigenvalue weighted by Crippen LogP contribution is 2.34. The fourth-order valence-electron chi connectivity index (χ4n) is 3.42. The van der Waals surface area contributed by atoms with Crippen molar-refractivity contribution in [1.82, 2.24) is 0 Å². The lowest BCUT2D eigenvalue weighted by molar-refractivity contribution is 0.385. The molecule has 0 spiro atoms. The topological polar surface area (TPSA) is 63.4 Å². The van der Waals surface area contributed by atoms with Gasteiger partial charge in [0.25, 0.3) is 0 Å². The lowest BCUT2D eigenvalue weighted by Gasteiger charge is -2.25. The highest BCUT2D eigenvalue weighted by atomic mass is 32.2. The Morgan fingerprint density at radius 1 is 1.20 bits per heavy atom. The maximum Gasteiger partial charge on any atom is 0.235 e. The number of nitrogens with two attached hydrogens (primary N) is 1. The summed E-state index contributed by atoms with van der Waals surface area (Å²) in [6.45, 7) is 0.563. The summed E-state index contributed by atoms with van der Waals surface area (Å²) >= 11 is 0. The third-order valence-corrected chi connectivity index (χ3v) is 6.41. The fourth-order valence-corrected chi connectivity index (χ4v) is 5.38. The average molecular weight is 294 g/mol. The second kappa shape index (κ2) is 5.28. The van der Waals surface area contributed by atoms with Gasteiger partial charge in [-0.05, 0) is 48.9 Å². The Bertz CT molecular complexity index is 592. The highest BCUT2D eigenvalue weighted by molar-refractivity contribution is 7.92. The minimum Gasteiger partial charge on any atom is -0.399 e. The number of sulfonamides is 1. The molecule has 1 saturated carbocycles. The number of nitrogen functional groups attached to an aromatic ring is 1. The standard InChI is InChI=1S/C15H22N2O2S/c16-14-6-7-15-13(10-14)8-9-17(15)20(18,19)11-12-4-2-1-3-5-12/h6-7,10,12H,1-5,8-9,11,16H2. The molecule has 1 aliphatic carbocycles. The van der Waals surface area contributed by atoms with E-state index in [0.717, 1.165) is 30.5 Å². The van der Waals surface area contributed by atoms with Crippen molar-refractivity contribution in [2.24, 2.45) is 5.92 Å². The van der Waals surface area contributed by atoms with Gasteiger partial charge in [0.05, 0.1) is 11.4 Å². The van der Waals surface area contributed by atoms with E-state index >= 15 is 0 Å². The summed E-state index contributed by atoms with van der Waals surface area (Å²) in [5.41, 5.74) is 8.35. The summed E-state index contributed by atoms with van der Waals surface area (Å²) in [6, 6.07) is 5.52. The number of nitrogens with zero attached hydrogens (tertiary/aromatic N) is 1. The Hall–Kier alpha value is -1.23. The number of anilines is 2. The van der Waals surface area contributed by atoms with Crippen molar-refractivity contribution in [2.45, 2.75) is 38.5 Å². The summed E-state index contributed by atoms with van der Waals surface area (Å²) in [5, 5.41) is 0. The first-order chi connectivity index (χ1) is 9.56. The molecule has 0 aromatic heterocycles. The smallest absolute Gasteiger partial charge is 0.235 e. The Morgan fingerprint density at radius 3 is 2.70 bits per heavy atom. The zero-order valence-electron chi connectivity index (χ0n) is 11.7. The van der Waals surface area contributed by atoms with Gasteiger partial charge in [0.15, 0.2) is 0 Å². The largest absolute Gasteiger partial charge is 0.399 e. The van der Waals surface area contributed by atoms with E-state index in [9.17, 15) is 8.42 Å². The van der Waals surface area contributed by atoms with Crippen molar-refractivity contribution in [1.29, 1.82) is 0 Å². The molecule has 4 nitrogen and oxygen atoms in total. The van der Waals surface area contributed by atoms with Crippen molar-refractivity contribution < 1.29 is 8.42 Å². The quantitative estimate of drug-likeness (QED) is 0.871. The van der Waals surface area contributed by atoms with Crippen LogP contribution in [-0.4, -0.2) is 20.7 Å². The van der Waals surface area contributed by atoms with Gasteiger partial charge in [-0.1, -0.05) is 19.3 Å². The van der Waals surface area contributed by atoms with Crippen LogP contribution in [0.3, 0.4) is 0 Å². The average Bonchev–Trinajstić information content (AvgIpc) is 2.83. The number of rotatable bonds is 3. The van der Waals surface area contributed by atoms with Crippen LogP contribution in [0, 0.1) is 5.92 Å². The zero-order valence-corrected chi connectivity index (χ0v) is 12.5. The number of fused-ring (bicyclic) bond motifs is 1. The first-order valence-electron chi connectivity index (χ1n) is 7.45. The Labute approximate surface area is 121 Å². The number of hydrogen-bond acceptors (Lipinski definition) is 3. The number of benzene rings is 1. The van der Waals surface area contributed by atoms with Gasteiger partial charge < -0.3 is 5.73 Å². The maximum atomic E-state index is 12.6. The SMILES string of the molecule is Nc1ccc2c(c1)CCN2S(=O)(=O)CC1CCCCC1. The van der Waals surface area contributed by atoms with E-state index in [-0.39, 0.29) is 0 Å². The summed E-state index contributed by atoms with van der Waals surface area (Å²) in [4.78, 5) is 0. The van der Waals surface area contributed by atoms with Crippen molar-refractivity contribution in [2.75, 3.05) is 22.3 Å². The second-order valence-corrected chi connectivity index (χ2v) is 7.93. The molecule has 2 N–H and O–H groups in total. The van der Waals surface area contributed by atoms with Crippen LogP contribution in [0.2, 0.25) is 0 Å². The summed E-state index contributed by atoms with van der Waals surface area (Å²) in [6.07, 6.45) is 6.48. The van der Waals surface area contributed by atoms with Crippen LogP contribution in [0.25, 0.3) is 0 Å². The molecule has 0 amide bonds. The van der Waals surface area contributed by atoms with E-state index in [0.29, 0.717) is 23.9 Å². The molecule has 1 aromatic carbocycles. The molecule has 0 unspecified atom stereocenters. The fraction of sp³-hybridized carbons (Fsp3) is 0.600. The van der Waals surface area contributed by atoms with E-state index in [1.54, 1.807) is 10.4 Å². The van der Waals surface area contributed by atoms with Crippen LogP contribution in [0.1, 0.15) is 37.7 Å². The van der Waals surface area contributed by atoms with Crippen LogP contribution in [0.15, 0.2) is 18.2 Å². The Balaban J connectivity index is 1.79. The third kappa shape index (κ3) is 2.64. The Kier molecular flexibility index (Phi) is 3.63. The first kappa shape index (κ1) is 13.7. The van der Waals surface area contributed by atoms with Gasteiger partial charge in [0.2, 0.25) is 10.0 Å². The molecule has 1 aliphatic heterocycles. The molecule has 1 aromatic rings. The van der Waals surface area contributed by atoms with E-state index in [1.807, 2.05) is 12.1 Å². The van der Waals surface area contributed by atoms with Crippen molar-refractivity contribution >= 4 is 21.4 Å². The summed E-state index contributed by atoms with van der Waals surface area (Å²) in [7, 11) is -3.19. The van der Waals surface area contributed by atoms with Gasteiger partial charge in [-0.2, -0.15) is 0 Å². The third-order valence-electron chi connectivity index (χ3n) is 4.46. The van der Waals surface area contributed by atoms with E-state index < -0.39 is 10.0 Å². The van der Waals surface area contributed by atoms with E-state index in [2.05, 4.69) is 0 Å². The molecule has 110 valence electrons. The summed E-state index contributed by atoms with van der Waals surface area (Å²) in [5.74, 6) is 0.642. The molecule has 3 rings (SSSR count). The van der Waals surface area contributed by atoms with Gasteiger partial charge in [0, 0.05) is 12.2 Å². The van der Waals surface area contributed by atoms with Crippen LogP contribution in [0.5, 0.6) is 0 Å². The normalized spacial score (nSPS) is 20.1. The molecule has 0 bridgehead atoms. The predicted octanol–water partition coefficient (Wildman–Crippen LogP) is 2.54. The number of hydrogen-bond donors (Lipinski definition) is 1. The van der Waals surface area contributed by atoms with Crippen molar-refractivity contribution in [3.8, 4) is 0 Å². The molecule has 0 atom stereocenters. The maximum absolute atomic E-state index is 12.6. The van der Waals surface area contributed by atoms with Crippen LogP contribution in [-0.2, 0) is 16.4 Å². The van der Waals surface area contributed by atoms with Crippen molar-refractivity contribution in [3.05, 3.63) is 23.8 Å². The zero-order chi connectivity index (χ0) is 14.2. The van der Waals surface area contributed by atoms with Crippen LogP contribution >= 0.6 is 0 Å². The minimum atomic E-state index is -3.19. The molecule has 0 radical (unpaired) electrons. The second-order valence-electron chi connectivity index (χ2n) is 5.99. The van der Waals surface area contributed by atoms with Gasteiger partial charge in [-0.3, -0.25) is 4.31 Å². The highest BCUT2D eigenvalue weighted by Gasteiger charge is 2.31. The molecule has 0 saturated heterocycles. The van der Waals surface area contributed by atoms with E-state index in [1.165, 1.54) is 19.3 Å². The monoisotopic (exact) mass is 294 g/mol. The van der Waals surface area contributed by atoms with Gasteiger partial charge in [0.1, 0.15) is 0 Å². The molecule has 5 heteroatoms. The molecule has 20 heavy (non-hydrogen) atoms. The van der Waals surface area contributed by atoms with Crippen LogP contribution < -0.4 is 10.0 Å². The van der Waals surface area contributed by atoms with E-state index in [4.69, 9.17) is 5.73 Å². The van der Waals surface area contributed by atoms with Gasteiger partial charge in [-0.15, -0.1) is 0 Å². The first-order valence-corrected chi connectivity index (χ1v) is 9.06. The molecule has 1 fully saturated rings. The molecule has 2 aliphatic rings. The molecule has 1 heterocycles. The lowest BCUT2D eigenvalue weighted by atomic mass is 9.91. The van der Waals surface area contributed by atoms with Crippen LogP contribution in [0.4, 0.5) is 11.4 Å². The minimum absolute atomic E-state index is 0.302.